The van der Waals surface area contributed by atoms with Gasteiger partial charge in [0.05, 0.1) is 4.90 Å². The number of aryl methyl sites for hydroxylation is 1. The van der Waals surface area contributed by atoms with Crippen molar-refractivity contribution in [2.24, 2.45) is 0 Å². The first-order chi connectivity index (χ1) is 10.8. The highest BCUT2D eigenvalue weighted by molar-refractivity contribution is 7.89. The molecule has 0 radical (unpaired) electrons. The highest BCUT2D eigenvalue weighted by Crippen LogP contribution is 2.22. The number of hydrogen-bond donors (Lipinski definition) is 1. The van der Waals surface area contributed by atoms with E-state index >= 15 is 0 Å². The summed E-state index contributed by atoms with van der Waals surface area (Å²) in [4.78, 5) is 11.1. The molecular weight excluding hydrogens is 338 g/mol. The lowest BCUT2D eigenvalue weighted by molar-refractivity contribution is -0.137. The molecule has 2 aromatic rings. The highest BCUT2D eigenvalue weighted by Gasteiger charge is 2.27. The third kappa shape index (κ3) is 4.31. The zero-order chi connectivity index (χ0) is 17.0. The quantitative estimate of drug-likeness (QED) is 0.866. The monoisotopic (exact) mass is 353 g/mol. The van der Waals surface area contributed by atoms with Crippen LogP contribution in [0, 0.1) is 6.92 Å². The van der Waals surface area contributed by atoms with E-state index in [1.54, 1.807) is 36.4 Å². The Labute approximate surface area is 140 Å². The molecule has 0 heterocycles. The first-order valence-electron chi connectivity index (χ1n) is 6.83. The van der Waals surface area contributed by atoms with Crippen molar-refractivity contribution in [2.75, 3.05) is 6.54 Å². The van der Waals surface area contributed by atoms with Gasteiger partial charge in [-0.15, -0.1) is 0 Å². The lowest BCUT2D eigenvalue weighted by atomic mass is 10.2. The molecule has 0 aromatic heterocycles. The van der Waals surface area contributed by atoms with Crippen LogP contribution in [0.3, 0.4) is 0 Å². The number of carboxylic acids is 1. The van der Waals surface area contributed by atoms with E-state index in [-0.39, 0.29) is 11.4 Å². The Hall–Kier alpha value is -1.89. The van der Waals surface area contributed by atoms with Crippen LogP contribution in [0.25, 0.3) is 0 Å². The molecule has 0 saturated heterocycles. The fourth-order valence-electron chi connectivity index (χ4n) is 2.05. The maximum Gasteiger partial charge on any atom is 0.318 e. The van der Waals surface area contributed by atoms with E-state index in [9.17, 15) is 13.2 Å². The molecule has 1 N–H and O–H groups in total. The van der Waals surface area contributed by atoms with Crippen LogP contribution < -0.4 is 0 Å². The lowest BCUT2D eigenvalue weighted by Gasteiger charge is -2.21. The SMILES string of the molecule is Cc1ccc(S(=O)(=O)N(CC(=O)O)Cc2ccccc2Cl)cc1. The maximum atomic E-state index is 12.7. The third-order valence-corrected chi connectivity index (χ3v) is 5.45. The number of nitrogens with zero attached hydrogens (tertiary/aromatic N) is 1. The minimum absolute atomic E-state index is 0.0522. The maximum absolute atomic E-state index is 12.7. The molecule has 0 atom stereocenters. The van der Waals surface area contributed by atoms with Crippen molar-refractivity contribution < 1.29 is 18.3 Å². The summed E-state index contributed by atoms with van der Waals surface area (Å²) in [6.45, 7) is 1.10. The average molecular weight is 354 g/mol. The Morgan fingerprint density at radius 3 is 2.30 bits per heavy atom. The third-order valence-electron chi connectivity index (χ3n) is 3.27. The Bertz CT molecular complexity index is 803. The molecule has 0 bridgehead atoms. The van der Waals surface area contributed by atoms with Crippen LogP contribution in [0.2, 0.25) is 5.02 Å². The minimum atomic E-state index is -3.93. The Morgan fingerprint density at radius 2 is 1.74 bits per heavy atom. The Kier molecular flexibility index (Phi) is 5.41. The van der Waals surface area contributed by atoms with Crippen LogP contribution in [-0.2, 0) is 21.4 Å². The molecule has 2 rings (SSSR count). The molecule has 2 aromatic carbocycles. The zero-order valence-electron chi connectivity index (χ0n) is 12.4. The smallest absolute Gasteiger partial charge is 0.318 e. The van der Waals surface area contributed by atoms with Gasteiger partial charge in [-0.3, -0.25) is 4.79 Å². The number of carboxylic acid groups (broad SMARTS) is 1. The molecule has 0 aliphatic carbocycles. The number of rotatable bonds is 6. The summed E-state index contributed by atoms with van der Waals surface area (Å²) >= 11 is 6.05. The van der Waals surface area contributed by atoms with Crippen LogP contribution >= 0.6 is 11.6 Å². The summed E-state index contributed by atoms with van der Waals surface area (Å²) in [6, 6.07) is 13.0. The van der Waals surface area contributed by atoms with Crippen molar-refractivity contribution in [3.8, 4) is 0 Å². The first kappa shape index (κ1) is 17.5. The number of carbonyl (C=O) groups is 1. The van der Waals surface area contributed by atoms with Gasteiger partial charge in [0.15, 0.2) is 0 Å². The van der Waals surface area contributed by atoms with Crippen molar-refractivity contribution in [1.82, 2.24) is 4.31 Å². The van der Waals surface area contributed by atoms with Crippen LogP contribution in [0.4, 0.5) is 0 Å². The molecule has 0 aliphatic heterocycles. The van der Waals surface area contributed by atoms with Crippen molar-refractivity contribution in [1.29, 1.82) is 0 Å². The second kappa shape index (κ2) is 7.12. The standard InChI is InChI=1S/C16H16ClNO4S/c1-12-6-8-14(9-7-12)23(21,22)18(11-16(19)20)10-13-4-2-3-5-15(13)17/h2-9H,10-11H2,1H3,(H,19,20). The van der Waals surface area contributed by atoms with Crippen molar-refractivity contribution in [3.63, 3.8) is 0 Å². The van der Waals surface area contributed by atoms with Crippen molar-refractivity contribution in [3.05, 3.63) is 64.7 Å². The van der Waals surface area contributed by atoms with Crippen LogP contribution in [-0.4, -0.2) is 30.3 Å². The van der Waals surface area contributed by atoms with E-state index in [0.29, 0.717) is 10.6 Å². The van der Waals surface area contributed by atoms with Gasteiger partial charge in [-0.25, -0.2) is 8.42 Å². The van der Waals surface area contributed by atoms with E-state index in [1.165, 1.54) is 12.1 Å². The zero-order valence-corrected chi connectivity index (χ0v) is 14.0. The van der Waals surface area contributed by atoms with E-state index in [2.05, 4.69) is 0 Å². The summed E-state index contributed by atoms with van der Waals surface area (Å²) in [5.74, 6) is -1.23. The molecule has 7 heteroatoms. The number of benzene rings is 2. The van der Waals surface area contributed by atoms with E-state index in [4.69, 9.17) is 16.7 Å². The van der Waals surface area contributed by atoms with Gasteiger partial charge in [0.2, 0.25) is 10.0 Å². The number of sulfonamides is 1. The predicted octanol–water partition coefficient (Wildman–Crippen LogP) is 2.92. The topological polar surface area (TPSA) is 74.7 Å². The summed E-state index contributed by atoms with van der Waals surface area (Å²) in [5.41, 5.74) is 1.46. The van der Waals surface area contributed by atoms with Crippen molar-refractivity contribution in [2.45, 2.75) is 18.4 Å². The molecule has 0 unspecified atom stereocenters. The molecular formula is C16H16ClNO4S. The van der Waals surface area contributed by atoms with Crippen LogP contribution in [0.5, 0.6) is 0 Å². The number of aliphatic carboxylic acids is 1. The molecule has 0 fully saturated rings. The van der Waals surface area contributed by atoms with Gasteiger partial charge in [-0.2, -0.15) is 4.31 Å². The molecule has 0 amide bonds. The van der Waals surface area contributed by atoms with Gasteiger partial charge in [0.1, 0.15) is 6.54 Å². The highest BCUT2D eigenvalue weighted by atomic mass is 35.5. The van der Waals surface area contributed by atoms with Crippen molar-refractivity contribution >= 4 is 27.6 Å². The normalized spacial score (nSPS) is 11.6. The van der Waals surface area contributed by atoms with Gasteiger partial charge >= 0.3 is 5.97 Å². The summed E-state index contributed by atoms with van der Waals surface area (Å²) in [7, 11) is -3.93. The number of hydrogen-bond acceptors (Lipinski definition) is 3. The van der Waals surface area contributed by atoms with Crippen LogP contribution in [0.1, 0.15) is 11.1 Å². The predicted molar refractivity (Wildman–Crippen MR) is 87.9 cm³/mol. The summed E-state index contributed by atoms with van der Waals surface area (Å²) in [6.07, 6.45) is 0. The average Bonchev–Trinajstić information content (AvgIpc) is 2.48. The van der Waals surface area contributed by atoms with Gasteiger partial charge < -0.3 is 5.11 Å². The second-order valence-electron chi connectivity index (χ2n) is 5.07. The molecule has 5 nitrogen and oxygen atoms in total. The summed E-state index contributed by atoms with van der Waals surface area (Å²) in [5, 5.41) is 9.44. The Morgan fingerprint density at radius 1 is 1.13 bits per heavy atom. The minimum Gasteiger partial charge on any atom is -0.480 e. The van der Waals surface area contributed by atoms with E-state index in [1.807, 2.05) is 6.92 Å². The van der Waals surface area contributed by atoms with Gasteiger partial charge in [0.25, 0.3) is 0 Å². The Balaban J connectivity index is 2.39. The molecule has 0 saturated carbocycles. The number of halogens is 1. The van der Waals surface area contributed by atoms with Gasteiger partial charge in [0, 0.05) is 11.6 Å². The van der Waals surface area contributed by atoms with E-state index in [0.717, 1.165) is 9.87 Å². The largest absolute Gasteiger partial charge is 0.480 e. The fraction of sp³-hybridized carbons (Fsp3) is 0.188. The molecule has 23 heavy (non-hydrogen) atoms. The molecule has 0 aliphatic rings. The van der Waals surface area contributed by atoms with Crippen LogP contribution in [0.15, 0.2) is 53.4 Å². The summed E-state index contributed by atoms with van der Waals surface area (Å²) < 4.78 is 26.3. The second-order valence-corrected chi connectivity index (χ2v) is 7.42. The van der Waals surface area contributed by atoms with E-state index < -0.39 is 22.5 Å². The first-order valence-corrected chi connectivity index (χ1v) is 8.64. The molecule has 122 valence electrons. The molecule has 0 spiro atoms. The van der Waals surface area contributed by atoms with Gasteiger partial charge in [-0.1, -0.05) is 47.5 Å². The lowest BCUT2D eigenvalue weighted by Crippen LogP contribution is -2.35. The fourth-order valence-corrected chi connectivity index (χ4v) is 3.62. The van der Waals surface area contributed by atoms with Gasteiger partial charge in [-0.05, 0) is 30.7 Å².